The van der Waals surface area contributed by atoms with Gasteiger partial charge in [-0.25, -0.2) is 0 Å². The predicted molar refractivity (Wildman–Crippen MR) is 105 cm³/mol. The molecule has 0 spiro atoms. The summed E-state index contributed by atoms with van der Waals surface area (Å²) in [6, 6.07) is 18.2. The van der Waals surface area contributed by atoms with Crippen LogP contribution in [0.3, 0.4) is 0 Å². The van der Waals surface area contributed by atoms with Crippen LogP contribution in [-0.4, -0.2) is 0 Å². The molecule has 1 aliphatic carbocycles. The van der Waals surface area contributed by atoms with Crippen LogP contribution in [0.25, 0.3) is 0 Å². The first-order valence-electron chi connectivity index (χ1n) is 9.62. The van der Waals surface area contributed by atoms with E-state index in [4.69, 9.17) is 4.74 Å². The van der Waals surface area contributed by atoms with Crippen molar-refractivity contribution in [3.8, 4) is 11.5 Å². The van der Waals surface area contributed by atoms with Crippen molar-refractivity contribution in [2.45, 2.75) is 64.7 Å². The number of aryl methyl sites for hydroxylation is 1. The maximum absolute atomic E-state index is 6.04. The summed E-state index contributed by atoms with van der Waals surface area (Å²) in [5.41, 5.74) is 4.04. The molecule has 0 heterocycles. The van der Waals surface area contributed by atoms with Gasteiger partial charge in [-0.3, -0.25) is 0 Å². The molecular weight excluding hydrogens is 304 g/mol. The first kappa shape index (κ1) is 17.8. The first-order valence-corrected chi connectivity index (χ1v) is 9.62. The maximum Gasteiger partial charge on any atom is 0.128 e. The van der Waals surface area contributed by atoms with Crippen LogP contribution in [0.1, 0.15) is 69.4 Å². The third-order valence-corrected chi connectivity index (χ3v) is 4.97. The Balaban J connectivity index is 1.61. The Hall–Kier alpha value is -2.02. The predicted octanol–water partition coefficient (Wildman–Crippen LogP) is 7.23. The average molecular weight is 333 g/mol. The Morgan fingerprint density at radius 2 is 1.92 bits per heavy atom. The highest BCUT2D eigenvalue weighted by Gasteiger charge is 2.15. The van der Waals surface area contributed by atoms with Crippen molar-refractivity contribution in [2.24, 2.45) is 0 Å². The van der Waals surface area contributed by atoms with Gasteiger partial charge in [0.05, 0.1) is 0 Å². The molecule has 2 aromatic rings. The van der Waals surface area contributed by atoms with Crippen molar-refractivity contribution in [1.29, 1.82) is 0 Å². The second kappa shape index (κ2) is 8.89. The lowest BCUT2D eigenvalue weighted by Crippen LogP contribution is -2.04. The minimum atomic E-state index is 0.696. The van der Waals surface area contributed by atoms with Gasteiger partial charge in [-0.15, -0.1) is 0 Å². The van der Waals surface area contributed by atoms with Crippen LogP contribution in [0.5, 0.6) is 11.5 Å². The van der Waals surface area contributed by atoms with E-state index in [-0.39, 0.29) is 0 Å². The van der Waals surface area contributed by atoms with Gasteiger partial charge in [-0.05, 0) is 86.9 Å². The highest BCUT2D eigenvalue weighted by Crippen LogP contribution is 2.33. The molecule has 131 valence electrons. The van der Waals surface area contributed by atoms with Gasteiger partial charge in [-0.2, -0.15) is 0 Å². The first-order chi connectivity index (χ1) is 12.2. The van der Waals surface area contributed by atoms with Crippen molar-refractivity contribution < 1.29 is 4.74 Å². The van der Waals surface area contributed by atoms with Gasteiger partial charge in [0.1, 0.15) is 11.5 Å². The standard InChI is InChI=1S/C24H29O/c1-19(2)8-6-9-20-10-7-13-24(18-20)25-23-16-14-22(15-17-23)21-11-4-3-5-12-21/h7-8,10,13-14,16-18,21H,3-6,9,11-12H2,1-2H3. The van der Waals surface area contributed by atoms with E-state index in [2.05, 4.69) is 56.3 Å². The number of benzene rings is 2. The van der Waals surface area contributed by atoms with Gasteiger partial charge in [0.2, 0.25) is 0 Å². The molecule has 2 aromatic carbocycles. The lowest BCUT2D eigenvalue weighted by molar-refractivity contribution is 0.442. The molecule has 0 aromatic heterocycles. The van der Waals surface area contributed by atoms with Crippen molar-refractivity contribution in [2.75, 3.05) is 0 Å². The molecule has 0 unspecified atom stereocenters. The van der Waals surface area contributed by atoms with E-state index in [1.807, 2.05) is 12.1 Å². The molecule has 1 heteroatoms. The van der Waals surface area contributed by atoms with Gasteiger partial charge in [-0.1, -0.05) is 49.1 Å². The summed E-state index contributed by atoms with van der Waals surface area (Å²) in [5, 5.41) is 0. The van der Waals surface area contributed by atoms with Crippen molar-refractivity contribution in [3.05, 3.63) is 71.3 Å². The summed E-state index contributed by atoms with van der Waals surface area (Å²) in [6.45, 7) is 4.29. The van der Waals surface area contributed by atoms with Crippen LogP contribution in [0.2, 0.25) is 0 Å². The summed E-state index contributed by atoms with van der Waals surface area (Å²) in [5.74, 6) is 2.48. The Kier molecular flexibility index (Phi) is 6.33. The summed E-state index contributed by atoms with van der Waals surface area (Å²) in [6.07, 6.45) is 11.1. The second-order valence-electron chi connectivity index (χ2n) is 7.38. The van der Waals surface area contributed by atoms with Crippen molar-refractivity contribution >= 4 is 0 Å². The molecule has 1 fully saturated rings. The number of allylic oxidation sites excluding steroid dienone is 2. The Morgan fingerprint density at radius 1 is 1.08 bits per heavy atom. The number of hydrogen-bond donors (Lipinski definition) is 0. The summed E-state index contributed by atoms with van der Waals surface area (Å²) in [7, 11) is 0. The van der Waals surface area contributed by atoms with Gasteiger partial charge >= 0.3 is 0 Å². The smallest absolute Gasteiger partial charge is 0.128 e. The molecular formula is C24H29O. The molecule has 0 atom stereocenters. The number of hydrogen-bond acceptors (Lipinski definition) is 1. The van der Waals surface area contributed by atoms with E-state index in [1.54, 1.807) is 0 Å². The van der Waals surface area contributed by atoms with Crippen LogP contribution in [0, 0.1) is 6.07 Å². The molecule has 0 bridgehead atoms. The van der Waals surface area contributed by atoms with E-state index in [1.165, 1.54) is 48.8 Å². The van der Waals surface area contributed by atoms with Crippen molar-refractivity contribution in [1.82, 2.24) is 0 Å². The summed E-state index contributed by atoms with van der Waals surface area (Å²) >= 11 is 0. The number of rotatable bonds is 6. The van der Waals surface area contributed by atoms with Crippen LogP contribution in [-0.2, 0) is 6.42 Å². The Labute approximate surface area is 152 Å². The van der Waals surface area contributed by atoms with Gasteiger partial charge in [0.25, 0.3) is 0 Å². The van der Waals surface area contributed by atoms with E-state index in [0.717, 1.165) is 24.3 Å². The topological polar surface area (TPSA) is 9.23 Å². The molecule has 0 saturated heterocycles. The SMILES string of the molecule is CC(C)=CCCc1cccc(Oc2c[c]c(C3CCCCC3)cc2)c1. The minimum absolute atomic E-state index is 0.696. The zero-order valence-electron chi connectivity index (χ0n) is 15.6. The van der Waals surface area contributed by atoms with Gasteiger partial charge in [0, 0.05) is 0 Å². The van der Waals surface area contributed by atoms with Crippen molar-refractivity contribution in [3.63, 3.8) is 0 Å². The molecule has 0 aliphatic heterocycles. The Morgan fingerprint density at radius 3 is 2.64 bits per heavy atom. The molecule has 0 N–H and O–H groups in total. The largest absolute Gasteiger partial charge is 0.457 e. The van der Waals surface area contributed by atoms with Crippen LogP contribution >= 0.6 is 0 Å². The quantitative estimate of drug-likeness (QED) is 0.507. The summed E-state index contributed by atoms with van der Waals surface area (Å²) < 4.78 is 6.04. The average Bonchev–Trinajstić information content (AvgIpc) is 2.63. The molecule has 1 saturated carbocycles. The van der Waals surface area contributed by atoms with E-state index < -0.39 is 0 Å². The van der Waals surface area contributed by atoms with Crippen LogP contribution < -0.4 is 4.74 Å². The van der Waals surface area contributed by atoms with E-state index in [9.17, 15) is 0 Å². The van der Waals surface area contributed by atoms with E-state index >= 15 is 0 Å². The molecule has 1 aliphatic rings. The fourth-order valence-corrected chi connectivity index (χ4v) is 3.58. The Bertz CT molecular complexity index is 686. The van der Waals surface area contributed by atoms with Gasteiger partial charge < -0.3 is 4.74 Å². The molecule has 0 amide bonds. The fourth-order valence-electron chi connectivity index (χ4n) is 3.58. The zero-order chi connectivity index (χ0) is 17.5. The number of ether oxygens (including phenoxy) is 1. The van der Waals surface area contributed by atoms with Crippen LogP contribution in [0.4, 0.5) is 0 Å². The second-order valence-corrected chi connectivity index (χ2v) is 7.38. The monoisotopic (exact) mass is 333 g/mol. The zero-order valence-corrected chi connectivity index (χ0v) is 15.6. The molecule has 1 radical (unpaired) electrons. The molecule has 1 nitrogen and oxygen atoms in total. The fraction of sp³-hybridized carbons (Fsp3) is 0.417. The highest BCUT2D eigenvalue weighted by atomic mass is 16.5. The third-order valence-electron chi connectivity index (χ3n) is 4.97. The lowest BCUT2D eigenvalue weighted by Gasteiger charge is -2.21. The lowest BCUT2D eigenvalue weighted by atomic mass is 9.84. The maximum atomic E-state index is 6.04. The highest BCUT2D eigenvalue weighted by molar-refractivity contribution is 5.35. The van der Waals surface area contributed by atoms with Gasteiger partial charge in [0.15, 0.2) is 0 Å². The molecule has 3 rings (SSSR count). The minimum Gasteiger partial charge on any atom is -0.457 e. The summed E-state index contributed by atoms with van der Waals surface area (Å²) in [4.78, 5) is 0. The van der Waals surface area contributed by atoms with E-state index in [0.29, 0.717) is 5.92 Å². The molecule has 25 heavy (non-hydrogen) atoms. The normalized spacial score (nSPS) is 15.0. The van der Waals surface area contributed by atoms with Crippen LogP contribution in [0.15, 0.2) is 54.1 Å². The third kappa shape index (κ3) is 5.49.